The van der Waals surface area contributed by atoms with Crippen LogP contribution < -0.4 is 11.1 Å². The van der Waals surface area contributed by atoms with Crippen molar-refractivity contribution in [1.82, 2.24) is 10.2 Å². The maximum absolute atomic E-state index is 12.5. The molecule has 1 aliphatic heterocycles. The van der Waals surface area contributed by atoms with Gasteiger partial charge in [0.25, 0.3) is 0 Å². The molecule has 5 nitrogen and oxygen atoms in total. The highest BCUT2D eigenvalue weighted by Gasteiger charge is 2.22. The van der Waals surface area contributed by atoms with Crippen molar-refractivity contribution >= 4 is 11.8 Å². The summed E-state index contributed by atoms with van der Waals surface area (Å²) in [4.78, 5) is 26.1. The Balaban J connectivity index is 2.01. The predicted molar refractivity (Wildman–Crippen MR) is 94.9 cm³/mol. The first-order valence-electron chi connectivity index (χ1n) is 8.52. The summed E-state index contributed by atoms with van der Waals surface area (Å²) < 4.78 is 0. The Hall–Kier alpha value is -2.14. The van der Waals surface area contributed by atoms with Gasteiger partial charge in [-0.15, -0.1) is 0 Å². The Morgan fingerprint density at radius 3 is 2.33 bits per heavy atom. The van der Waals surface area contributed by atoms with E-state index in [4.69, 9.17) is 5.73 Å². The molecular weight excluding hydrogens is 302 g/mol. The lowest BCUT2D eigenvalue weighted by Gasteiger charge is -2.22. The largest absolute Gasteiger partial charge is 0.348 e. The lowest BCUT2D eigenvalue weighted by atomic mass is 9.98. The number of benzene rings is 1. The number of hydrogen-bond acceptors (Lipinski definition) is 3. The number of amides is 2. The molecule has 1 aromatic rings. The van der Waals surface area contributed by atoms with Gasteiger partial charge in [-0.2, -0.15) is 0 Å². The first-order chi connectivity index (χ1) is 11.4. The fraction of sp³-hybridized carbons (Fsp3) is 0.474. The van der Waals surface area contributed by atoms with E-state index in [-0.39, 0.29) is 23.8 Å². The third-order valence-corrected chi connectivity index (χ3v) is 4.58. The van der Waals surface area contributed by atoms with Crippen molar-refractivity contribution in [2.75, 3.05) is 0 Å². The van der Waals surface area contributed by atoms with Crippen LogP contribution in [-0.2, 0) is 22.7 Å². The van der Waals surface area contributed by atoms with Crippen LogP contribution in [0, 0.1) is 5.92 Å². The van der Waals surface area contributed by atoms with Crippen LogP contribution in [0.2, 0.25) is 0 Å². The number of rotatable bonds is 6. The van der Waals surface area contributed by atoms with E-state index >= 15 is 0 Å². The van der Waals surface area contributed by atoms with Crippen LogP contribution in [0.25, 0.3) is 0 Å². The van der Waals surface area contributed by atoms with Crippen molar-refractivity contribution in [3.05, 3.63) is 47.5 Å². The fourth-order valence-corrected chi connectivity index (χ4v) is 2.71. The zero-order chi connectivity index (χ0) is 17.7. The zero-order valence-corrected chi connectivity index (χ0v) is 14.7. The van der Waals surface area contributed by atoms with E-state index in [1.807, 2.05) is 24.0 Å². The summed E-state index contributed by atoms with van der Waals surface area (Å²) in [5, 5.41) is 2.91. The molecule has 130 valence electrons. The Kier molecular flexibility index (Phi) is 6.15. The normalized spacial score (nSPS) is 17.4. The van der Waals surface area contributed by atoms with Gasteiger partial charge in [0.05, 0.1) is 12.1 Å². The number of fused-ring (bicyclic) bond motifs is 1. The average Bonchev–Trinajstić information content (AvgIpc) is 3.01. The molecule has 0 radical (unpaired) electrons. The first-order valence-corrected chi connectivity index (χ1v) is 8.52. The summed E-state index contributed by atoms with van der Waals surface area (Å²) in [6.45, 7) is 7.04. The number of hydrogen-bond donors (Lipinski definition) is 2. The van der Waals surface area contributed by atoms with Gasteiger partial charge in [-0.3, -0.25) is 9.59 Å². The van der Waals surface area contributed by atoms with Gasteiger partial charge in [-0.05, 0) is 24.0 Å². The van der Waals surface area contributed by atoms with Crippen molar-refractivity contribution in [3.8, 4) is 0 Å². The molecule has 24 heavy (non-hydrogen) atoms. The van der Waals surface area contributed by atoms with Gasteiger partial charge in [0.2, 0.25) is 11.8 Å². The van der Waals surface area contributed by atoms with Crippen LogP contribution in [0.4, 0.5) is 0 Å². The van der Waals surface area contributed by atoms with Gasteiger partial charge >= 0.3 is 0 Å². The minimum absolute atomic E-state index is 0.0328. The Labute approximate surface area is 143 Å². The molecular formula is C19H27N3O2. The smallest absolute Gasteiger partial charge is 0.246 e. The molecule has 1 heterocycles. The van der Waals surface area contributed by atoms with Crippen molar-refractivity contribution in [3.63, 3.8) is 0 Å². The van der Waals surface area contributed by atoms with Crippen LogP contribution in [0.3, 0.4) is 0 Å². The summed E-state index contributed by atoms with van der Waals surface area (Å²) >= 11 is 0. The van der Waals surface area contributed by atoms with Crippen molar-refractivity contribution in [2.24, 2.45) is 11.7 Å². The number of nitrogens with zero attached hydrogens (tertiary/aromatic N) is 1. The van der Waals surface area contributed by atoms with Gasteiger partial charge < -0.3 is 16.0 Å². The molecule has 0 aromatic heterocycles. The van der Waals surface area contributed by atoms with Gasteiger partial charge in [0.1, 0.15) is 0 Å². The number of carbonyl (C=O) groups excluding carboxylic acids is 2. The number of carbonyl (C=O) groups is 2. The van der Waals surface area contributed by atoms with Gasteiger partial charge in [-0.1, -0.05) is 50.6 Å². The average molecular weight is 329 g/mol. The molecule has 0 aliphatic carbocycles. The van der Waals surface area contributed by atoms with E-state index in [1.54, 1.807) is 19.1 Å². The third kappa shape index (κ3) is 4.45. The highest BCUT2D eigenvalue weighted by Crippen LogP contribution is 2.22. The first kappa shape index (κ1) is 18.2. The van der Waals surface area contributed by atoms with Gasteiger partial charge in [-0.25, -0.2) is 0 Å². The van der Waals surface area contributed by atoms with E-state index in [1.165, 1.54) is 11.1 Å². The molecule has 2 rings (SSSR count). The highest BCUT2D eigenvalue weighted by molar-refractivity contribution is 5.88. The minimum atomic E-state index is -0.561. The van der Waals surface area contributed by atoms with Crippen LogP contribution in [0.1, 0.15) is 38.3 Å². The Morgan fingerprint density at radius 1 is 1.25 bits per heavy atom. The predicted octanol–water partition coefficient (Wildman–Crippen LogP) is 1.96. The number of nitrogens with one attached hydrogen (secondary N) is 1. The molecule has 1 aromatic carbocycles. The van der Waals surface area contributed by atoms with Crippen LogP contribution in [0.15, 0.2) is 36.4 Å². The molecule has 0 bridgehead atoms. The summed E-state index contributed by atoms with van der Waals surface area (Å²) in [6.07, 6.45) is 4.27. The minimum Gasteiger partial charge on any atom is -0.348 e. The van der Waals surface area contributed by atoms with Crippen LogP contribution in [-0.4, -0.2) is 28.8 Å². The molecule has 0 saturated heterocycles. The zero-order valence-electron chi connectivity index (χ0n) is 14.7. The SMILES string of the molecule is CC[C@H](C)[C@@H](/C=C/C(=O)N1Cc2ccccc2C1)NC(=O)[C@H](C)N. The quantitative estimate of drug-likeness (QED) is 0.784. The Bertz CT molecular complexity index is 600. The summed E-state index contributed by atoms with van der Waals surface area (Å²) in [5.74, 6) is -0.00643. The molecule has 0 saturated carbocycles. The summed E-state index contributed by atoms with van der Waals surface area (Å²) in [5.41, 5.74) is 8.01. The van der Waals surface area contributed by atoms with Gasteiger partial charge in [0, 0.05) is 19.2 Å². The van der Waals surface area contributed by atoms with E-state index in [2.05, 4.69) is 24.4 Å². The molecule has 1 aliphatic rings. The Morgan fingerprint density at radius 2 is 1.83 bits per heavy atom. The lowest BCUT2D eigenvalue weighted by molar-refractivity contribution is -0.126. The fourth-order valence-electron chi connectivity index (χ4n) is 2.71. The van der Waals surface area contributed by atoms with Crippen LogP contribution >= 0.6 is 0 Å². The van der Waals surface area contributed by atoms with Crippen molar-refractivity contribution in [2.45, 2.75) is 52.4 Å². The van der Waals surface area contributed by atoms with Crippen molar-refractivity contribution in [1.29, 1.82) is 0 Å². The molecule has 3 N–H and O–H groups in total. The third-order valence-electron chi connectivity index (χ3n) is 4.58. The van der Waals surface area contributed by atoms with E-state index in [9.17, 15) is 9.59 Å². The number of nitrogens with two attached hydrogens (primary N) is 1. The van der Waals surface area contributed by atoms with E-state index in [0.717, 1.165) is 6.42 Å². The van der Waals surface area contributed by atoms with E-state index < -0.39 is 6.04 Å². The van der Waals surface area contributed by atoms with Crippen LogP contribution in [0.5, 0.6) is 0 Å². The second-order valence-electron chi connectivity index (χ2n) is 6.53. The molecule has 3 atom stereocenters. The summed E-state index contributed by atoms with van der Waals surface area (Å²) in [6, 6.07) is 7.33. The van der Waals surface area contributed by atoms with E-state index in [0.29, 0.717) is 13.1 Å². The maximum atomic E-state index is 12.5. The molecule has 0 spiro atoms. The molecule has 0 unspecified atom stereocenters. The second kappa shape index (κ2) is 8.11. The monoisotopic (exact) mass is 329 g/mol. The standard InChI is InChI=1S/C19H27N3O2/c1-4-13(2)17(21-19(24)14(3)20)9-10-18(23)22-11-15-7-5-6-8-16(15)12-22/h5-10,13-14,17H,4,11-12,20H2,1-3H3,(H,21,24)/b10-9+/t13-,14-,17+/m0/s1. The second-order valence-corrected chi connectivity index (χ2v) is 6.53. The topological polar surface area (TPSA) is 75.4 Å². The van der Waals surface area contributed by atoms with Crippen molar-refractivity contribution < 1.29 is 9.59 Å². The lowest BCUT2D eigenvalue weighted by Crippen LogP contribution is -2.45. The highest BCUT2D eigenvalue weighted by atomic mass is 16.2. The molecule has 2 amide bonds. The molecule has 0 fully saturated rings. The molecule has 5 heteroatoms. The van der Waals surface area contributed by atoms with Gasteiger partial charge in [0.15, 0.2) is 0 Å². The maximum Gasteiger partial charge on any atom is 0.246 e. The summed E-state index contributed by atoms with van der Waals surface area (Å²) in [7, 11) is 0.